The summed E-state index contributed by atoms with van der Waals surface area (Å²) in [5.41, 5.74) is 4.87. The lowest BCUT2D eigenvalue weighted by Crippen LogP contribution is -2.17. The Bertz CT molecular complexity index is 895. The van der Waals surface area contributed by atoms with Crippen LogP contribution in [0.15, 0.2) is 58.0 Å². The van der Waals surface area contributed by atoms with Gasteiger partial charge < -0.3 is 9.15 Å². The Kier molecular flexibility index (Phi) is 5.14. The Labute approximate surface area is 146 Å². The summed E-state index contributed by atoms with van der Waals surface area (Å²) in [6.45, 7) is 4.62. The quantitative estimate of drug-likeness (QED) is 0.539. The van der Waals surface area contributed by atoms with Crippen LogP contribution in [0.2, 0.25) is 0 Å². The molecule has 25 heavy (non-hydrogen) atoms. The van der Waals surface area contributed by atoms with Crippen molar-refractivity contribution in [2.75, 3.05) is 6.61 Å². The summed E-state index contributed by atoms with van der Waals surface area (Å²) >= 11 is 0. The summed E-state index contributed by atoms with van der Waals surface area (Å²) in [6.07, 6.45) is 2.55. The second-order valence-corrected chi connectivity index (χ2v) is 5.67. The Balaban J connectivity index is 1.65. The van der Waals surface area contributed by atoms with E-state index in [0.29, 0.717) is 12.2 Å². The number of aryl methyl sites for hydroxylation is 1. The van der Waals surface area contributed by atoms with E-state index in [9.17, 15) is 4.79 Å². The zero-order valence-corrected chi connectivity index (χ0v) is 14.3. The lowest BCUT2D eigenvalue weighted by atomic mass is 10.1. The smallest absolute Gasteiger partial charge is 0.307 e. The Hall–Kier alpha value is -3.08. The molecule has 0 aliphatic heterocycles. The maximum absolute atomic E-state index is 12.3. The monoisotopic (exact) mass is 336 g/mol. The van der Waals surface area contributed by atoms with Crippen LogP contribution in [-0.4, -0.2) is 18.7 Å². The van der Waals surface area contributed by atoms with Gasteiger partial charge >= 0.3 is 5.91 Å². The number of ether oxygens (including phenoxy) is 1. The van der Waals surface area contributed by atoms with Crippen molar-refractivity contribution in [1.82, 2.24) is 5.43 Å². The average Bonchev–Trinajstić information content (AvgIpc) is 2.98. The number of rotatable bonds is 6. The zero-order valence-electron chi connectivity index (χ0n) is 14.3. The van der Waals surface area contributed by atoms with Gasteiger partial charge in [-0.3, -0.25) is 4.79 Å². The molecule has 1 amide bonds. The molecule has 0 aliphatic rings. The van der Waals surface area contributed by atoms with Crippen LogP contribution in [0.4, 0.5) is 0 Å². The fraction of sp³-hybridized carbons (Fsp3) is 0.200. The minimum absolute atomic E-state index is 0.279. The number of furan rings is 1. The Morgan fingerprint density at radius 3 is 2.68 bits per heavy atom. The molecule has 2 aromatic carbocycles. The average molecular weight is 336 g/mol. The molecule has 1 N–H and O–H groups in total. The SMILES string of the molecule is CCCOc1ccc(/C=N\NC(=O)c2oc3ccccc3c2C)cc1. The number of hydrogen-bond acceptors (Lipinski definition) is 4. The van der Waals surface area contributed by atoms with Crippen molar-refractivity contribution in [2.24, 2.45) is 5.10 Å². The Morgan fingerprint density at radius 2 is 1.96 bits per heavy atom. The normalized spacial score (nSPS) is 11.1. The summed E-state index contributed by atoms with van der Waals surface area (Å²) < 4.78 is 11.1. The first-order chi connectivity index (χ1) is 12.2. The molecule has 1 aromatic heterocycles. The standard InChI is InChI=1S/C20H20N2O3/c1-3-12-24-16-10-8-15(9-11-16)13-21-22-20(23)19-14(2)17-6-4-5-7-18(17)25-19/h4-11,13H,3,12H2,1-2H3,(H,22,23)/b21-13-. The van der Waals surface area contributed by atoms with E-state index in [1.165, 1.54) is 0 Å². The minimum atomic E-state index is -0.368. The number of amides is 1. The van der Waals surface area contributed by atoms with Crippen LogP contribution in [0, 0.1) is 6.92 Å². The van der Waals surface area contributed by atoms with E-state index in [1.54, 1.807) is 6.21 Å². The van der Waals surface area contributed by atoms with E-state index in [4.69, 9.17) is 9.15 Å². The predicted octanol–water partition coefficient (Wildman–Crippen LogP) is 4.29. The van der Waals surface area contributed by atoms with Crippen molar-refractivity contribution >= 4 is 23.1 Å². The number of carbonyl (C=O) groups is 1. The van der Waals surface area contributed by atoms with Gasteiger partial charge in [-0.2, -0.15) is 5.10 Å². The number of hydrogen-bond donors (Lipinski definition) is 1. The molecule has 128 valence electrons. The molecule has 0 unspecified atom stereocenters. The molecule has 1 heterocycles. The third-order valence-electron chi connectivity index (χ3n) is 3.78. The first kappa shape index (κ1) is 16.8. The molecule has 0 saturated carbocycles. The summed E-state index contributed by atoms with van der Waals surface area (Å²) in [7, 11) is 0. The third kappa shape index (κ3) is 3.88. The number of para-hydroxylation sites is 1. The van der Waals surface area contributed by atoms with Crippen LogP contribution < -0.4 is 10.2 Å². The molecule has 5 nitrogen and oxygen atoms in total. The fourth-order valence-electron chi connectivity index (χ4n) is 2.48. The highest BCUT2D eigenvalue weighted by atomic mass is 16.5. The summed E-state index contributed by atoms with van der Waals surface area (Å²) in [4.78, 5) is 12.3. The molecule has 0 radical (unpaired) electrons. The molecule has 0 aliphatic carbocycles. The topological polar surface area (TPSA) is 63.8 Å². The molecule has 0 spiro atoms. The Morgan fingerprint density at radius 1 is 1.20 bits per heavy atom. The zero-order chi connectivity index (χ0) is 17.6. The summed E-state index contributed by atoms with van der Waals surface area (Å²) in [6, 6.07) is 15.1. The van der Waals surface area contributed by atoms with Crippen molar-refractivity contribution in [3.63, 3.8) is 0 Å². The van der Waals surface area contributed by atoms with Crippen LogP contribution in [-0.2, 0) is 0 Å². The van der Waals surface area contributed by atoms with E-state index in [-0.39, 0.29) is 11.7 Å². The van der Waals surface area contributed by atoms with Gasteiger partial charge in [-0.1, -0.05) is 25.1 Å². The fourth-order valence-corrected chi connectivity index (χ4v) is 2.48. The van der Waals surface area contributed by atoms with Crippen LogP contribution in [0.25, 0.3) is 11.0 Å². The van der Waals surface area contributed by atoms with E-state index >= 15 is 0 Å². The number of fused-ring (bicyclic) bond motifs is 1. The highest BCUT2D eigenvalue weighted by Gasteiger charge is 2.16. The lowest BCUT2D eigenvalue weighted by Gasteiger charge is -2.03. The van der Waals surface area contributed by atoms with Gasteiger partial charge in [0.1, 0.15) is 11.3 Å². The highest BCUT2D eigenvalue weighted by Crippen LogP contribution is 2.24. The van der Waals surface area contributed by atoms with Gasteiger partial charge in [0.25, 0.3) is 0 Å². The van der Waals surface area contributed by atoms with Gasteiger partial charge in [-0.15, -0.1) is 0 Å². The van der Waals surface area contributed by atoms with E-state index < -0.39 is 0 Å². The second-order valence-electron chi connectivity index (χ2n) is 5.67. The van der Waals surface area contributed by atoms with Crippen LogP contribution in [0.1, 0.15) is 35.0 Å². The van der Waals surface area contributed by atoms with Crippen molar-refractivity contribution in [2.45, 2.75) is 20.3 Å². The van der Waals surface area contributed by atoms with Crippen molar-refractivity contribution in [3.8, 4) is 5.75 Å². The highest BCUT2D eigenvalue weighted by molar-refractivity contribution is 5.99. The number of nitrogens with one attached hydrogen (secondary N) is 1. The molecular formula is C20H20N2O3. The number of benzene rings is 2. The van der Waals surface area contributed by atoms with Gasteiger partial charge in [0.2, 0.25) is 0 Å². The van der Waals surface area contributed by atoms with Gasteiger partial charge in [0.05, 0.1) is 12.8 Å². The summed E-state index contributed by atoms with van der Waals surface area (Å²) in [5.74, 6) is 0.732. The maximum atomic E-state index is 12.3. The maximum Gasteiger partial charge on any atom is 0.307 e. The van der Waals surface area contributed by atoms with Gasteiger partial charge in [-0.05, 0) is 49.2 Å². The van der Waals surface area contributed by atoms with Gasteiger partial charge in [-0.25, -0.2) is 5.43 Å². The van der Waals surface area contributed by atoms with Crippen molar-refractivity contribution in [1.29, 1.82) is 0 Å². The predicted molar refractivity (Wildman–Crippen MR) is 98.2 cm³/mol. The molecular weight excluding hydrogens is 316 g/mol. The molecule has 0 fully saturated rings. The van der Waals surface area contributed by atoms with Crippen LogP contribution >= 0.6 is 0 Å². The number of nitrogens with zero attached hydrogens (tertiary/aromatic N) is 1. The van der Waals surface area contributed by atoms with E-state index in [2.05, 4.69) is 17.5 Å². The summed E-state index contributed by atoms with van der Waals surface area (Å²) in [5, 5.41) is 4.93. The van der Waals surface area contributed by atoms with E-state index in [0.717, 1.165) is 28.7 Å². The molecule has 0 saturated heterocycles. The molecule has 3 aromatic rings. The minimum Gasteiger partial charge on any atom is -0.494 e. The largest absolute Gasteiger partial charge is 0.494 e. The molecule has 0 atom stereocenters. The first-order valence-corrected chi connectivity index (χ1v) is 8.23. The molecule has 3 rings (SSSR count). The van der Waals surface area contributed by atoms with Crippen molar-refractivity contribution < 1.29 is 13.9 Å². The molecule has 5 heteroatoms. The van der Waals surface area contributed by atoms with Crippen LogP contribution in [0.3, 0.4) is 0 Å². The lowest BCUT2D eigenvalue weighted by molar-refractivity contribution is 0.0929. The third-order valence-corrected chi connectivity index (χ3v) is 3.78. The van der Waals surface area contributed by atoms with Gasteiger partial charge in [0.15, 0.2) is 5.76 Å². The second kappa shape index (κ2) is 7.66. The first-order valence-electron chi connectivity index (χ1n) is 8.23. The number of carbonyl (C=O) groups excluding carboxylic acids is 1. The van der Waals surface area contributed by atoms with Gasteiger partial charge in [0, 0.05) is 10.9 Å². The van der Waals surface area contributed by atoms with Crippen LogP contribution in [0.5, 0.6) is 5.75 Å². The van der Waals surface area contributed by atoms with Crippen molar-refractivity contribution in [3.05, 3.63) is 65.4 Å². The molecule has 0 bridgehead atoms. The number of hydrazone groups is 1. The van der Waals surface area contributed by atoms with E-state index in [1.807, 2.05) is 55.5 Å².